The fourth-order valence-electron chi connectivity index (χ4n) is 2.86. The molecule has 0 saturated heterocycles. The second-order valence-corrected chi connectivity index (χ2v) is 6.01. The van der Waals surface area contributed by atoms with Gasteiger partial charge in [-0.2, -0.15) is 0 Å². The molecule has 1 aliphatic carbocycles. The number of hydrogen-bond donors (Lipinski definition) is 0. The molecule has 1 aromatic carbocycles. The molecule has 0 atom stereocenters. The summed E-state index contributed by atoms with van der Waals surface area (Å²) in [7, 11) is 0. The van der Waals surface area contributed by atoms with E-state index in [1.54, 1.807) is 6.92 Å². The Morgan fingerprint density at radius 1 is 1.43 bits per heavy atom. The van der Waals surface area contributed by atoms with Gasteiger partial charge in [-0.3, -0.25) is 4.79 Å². The Kier molecular flexibility index (Phi) is 4.15. The van der Waals surface area contributed by atoms with Crippen molar-refractivity contribution in [3.63, 3.8) is 0 Å². The van der Waals surface area contributed by atoms with Crippen molar-refractivity contribution in [2.24, 2.45) is 0 Å². The van der Waals surface area contributed by atoms with Gasteiger partial charge in [0.1, 0.15) is 11.4 Å². The number of nitrogens with zero attached hydrogens (tertiary/aromatic N) is 1. The van der Waals surface area contributed by atoms with Gasteiger partial charge in [0.25, 0.3) is 0 Å². The van der Waals surface area contributed by atoms with Crippen LogP contribution < -0.4 is 5.43 Å². The fourth-order valence-corrected chi connectivity index (χ4v) is 3.14. The maximum Gasteiger partial charge on any atom is 0.343 e. The standard InChI is InChI=1S/C17H17ClFNO3/c1-3-10-14(18)13(19)7-11-15(10)20(9-5-6-9)8-12(16(11)21)17(22)23-4-2/h7-9H,3-6H2,1-2H3. The highest BCUT2D eigenvalue weighted by Crippen LogP contribution is 2.39. The summed E-state index contributed by atoms with van der Waals surface area (Å²) in [4.78, 5) is 24.7. The van der Waals surface area contributed by atoms with Crippen LogP contribution in [0.1, 0.15) is 48.7 Å². The monoisotopic (exact) mass is 337 g/mol. The third-order valence-electron chi connectivity index (χ3n) is 4.09. The number of hydrogen-bond acceptors (Lipinski definition) is 3. The van der Waals surface area contributed by atoms with Gasteiger partial charge in [-0.1, -0.05) is 18.5 Å². The van der Waals surface area contributed by atoms with Crippen LogP contribution in [-0.2, 0) is 11.2 Å². The molecule has 0 radical (unpaired) electrons. The molecular weight excluding hydrogens is 321 g/mol. The van der Waals surface area contributed by atoms with Crippen LogP contribution in [0.4, 0.5) is 4.39 Å². The highest BCUT2D eigenvalue weighted by Gasteiger charge is 2.29. The van der Waals surface area contributed by atoms with Gasteiger partial charge in [-0.25, -0.2) is 9.18 Å². The molecule has 0 bridgehead atoms. The molecule has 1 saturated carbocycles. The zero-order valence-electron chi connectivity index (χ0n) is 13.0. The molecule has 1 fully saturated rings. The summed E-state index contributed by atoms with van der Waals surface area (Å²) in [5.74, 6) is -1.32. The first kappa shape index (κ1) is 16.0. The normalized spacial score (nSPS) is 14.3. The second-order valence-electron chi connectivity index (χ2n) is 5.63. The average Bonchev–Trinajstić information content (AvgIpc) is 3.35. The number of benzene rings is 1. The summed E-state index contributed by atoms with van der Waals surface area (Å²) in [6.45, 7) is 3.71. The lowest BCUT2D eigenvalue weighted by Crippen LogP contribution is -2.21. The molecule has 3 rings (SSSR count). The maximum atomic E-state index is 14.1. The molecule has 4 nitrogen and oxygen atoms in total. The van der Waals surface area contributed by atoms with E-state index in [0.717, 1.165) is 18.9 Å². The number of fused-ring (bicyclic) bond motifs is 1. The number of ether oxygens (including phenoxy) is 1. The summed E-state index contributed by atoms with van der Waals surface area (Å²) in [6, 6.07) is 1.33. The van der Waals surface area contributed by atoms with Gasteiger partial charge in [0.2, 0.25) is 5.43 Å². The van der Waals surface area contributed by atoms with E-state index in [9.17, 15) is 14.0 Å². The van der Waals surface area contributed by atoms with Crippen LogP contribution in [0.5, 0.6) is 0 Å². The summed E-state index contributed by atoms with van der Waals surface area (Å²) in [5, 5.41) is 0.221. The largest absolute Gasteiger partial charge is 0.462 e. The van der Waals surface area contributed by atoms with Gasteiger partial charge in [0, 0.05) is 17.6 Å². The van der Waals surface area contributed by atoms with Crippen molar-refractivity contribution < 1.29 is 13.9 Å². The number of esters is 1. The van der Waals surface area contributed by atoms with Gasteiger partial charge in [-0.05, 0) is 37.8 Å². The van der Waals surface area contributed by atoms with E-state index >= 15 is 0 Å². The summed E-state index contributed by atoms with van der Waals surface area (Å²) in [5.41, 5.74) is 0.649. The van der Waals surface area contributed by atoms with E-state index < -0.39 is 17.2 Å². The molecule has 0 unspecified atom stereocenters. The van der Waals surface area contributed by atoms with Crippen LogP contribution >= 0.6 is 11.6 Å². The minimum atomic E-state index is -0.679. The Morgan fingerprint density at radius 3 is 2.70 bits per heavy atom. The van der Waals surface area contributed by atoms with Gasteiger partial charge >= 0.3 is 5.97 Å². The van der Waals surface area contributed by atoms with Crippen molar-refractivity contribution in [3.8, 4) is 0 Å². The first-order chi connectivity index (χ1) is 11.0. The van der Waals surface area contributed by atoms with E-state index in [1.807, 2.05) is 11.5 Å². The lowest BCUT2D eigenvalue weighted by Gasteiger charge is -2.16. The first-order valence-corrected chi connectivity index (χ1v) is 8.10. The Morgan fingerprint density at radius 2 is 2.13 bits per heavy atom. The van der Waals surface area contributed by atoms with Crippen LogP contribution in [0.15, 0.2) is 17.1 Å². The second kappa shape index (κ2) is 5.96. The molecule has 0 aliphatic heterocycles. The lowest BCUT2D eigenvalue weighted by molar-refractivity contribution is 0.0524. The zero-order valence-corrected chi connectivity index (χ0v) is 13.7. The van der Waals surface area contributed by atoms with Crippen LogP contribution in [0.3, 0.4) is 0 Å². The van der Waals surface area contributed by atoms with E-state index in [2.05, 4.69) is 0 Å². The highest BCUT2D eigenvalue weighted by molar-refractivity contribution is 6.32. The molecule has 0 amide bonds. The van der Waals surface area contributed by atoms with Gasteiger partial charge in [0.05, 0.1) is 17.1 Å². The number of pyridine rings is 1. The molecule has 6 heteroatoms. The first-order valence-electron chi connectivity index (χ1n) is 7.72. The maximum absolute atomic E-state index is 14.1. The number of aryl methyl sites for hydroxylation is 1. The van der Waals surface area contributed by atoms with E-state index in [-0.39, 0.29) is 28.6 Å². The van der Waals surface area contributed by atoms with Crippen molar-refractivity contribution in [2.75, 3.05) is 6.61 Å². The van der Waals surface area contributed by atoms with Crippen LogP contribution in [0.25, 0.3) is 10.9 Å². The van der Waals surface area contributed by atoms with E-state index in [0.29, 0.717) is 17.5 Å². The SMILES string of the molecule is CCOC(=O)c1cn(C2CC2)c2c(CC)c(Cl)c(F)cc2c1=O. The molecule has 1 aromatic heterocycles. The third-order valence-corrected chi connectivity index (χ3v) is 4.50. The van der Waals surface area contributed by atoms with E-state index in [4.69, 9.17) is 16.3 Å². The van der Waals surface area contributed by atoms with Gasteiger partial charge in [-0.15, -0.1) is 0 Å². The summed E-state index contributed by atoms with van der Waals surface area (Å²) < 4.78 is 20.9. The number of carbonyl (C=O) groups is 1. The van der Waals surface area contributed by atoms with Crippen molar-refractivity contribution in [2.45, 2.75) is 39.2 Å². The molecule has 1 heterocycles. The Labute approximate surface area is 137 Å². The number of carbonyl (C=O) groups excluding carboxylic acids is 1. The Bertz CT molecular complexity index is 855. The van der Waals surface area contributed by atoms with Crippen molar-refractivity contribution >= 4 is 28.5 Å². The quantitative estimate of drug-likeness (QED) is 0.796. The topological polar surface area (TPSA) is 48.3 Å². The molecule has 1 aliphatic rings. The van der Waals surface area contributed by atoms with E-state index in [1.165, 1.54) is 6.20 Å². The molecule has 0 spiro atoms. The minimum absolute atomic E-state index is 0.0395. The minimum Gasteiger partial charge on any atom is -0.462 e. The zero-order chi connectivity index (χ0) is 16.7. The van der Waals surface area contributed by atoms with Gasteiger partial charge < -0.3 is 9.30 Å². The molecule has 2 aromatic rings. The Balaban J connectivity index is 2.40. The van der Waals surface area contributed by atoms with Crippen LogP contribution in [0, 0.1) is 5.82 Å². The lowest BCUT2D eigenvalue weighted by atomic mass is 10.0. The number of rotatable bonds is 4. The molecular formula is C17H17ClFNO3. The highest BCUT2D eigenvalue weighted by atomic mass is 35.5. The summed E-state index contributed by atoms with van der Waals surface area (Å²) >= 11 is 6.09. The predicted molar refractivity (Wildman–Crippen MR) is 86.8 cm³/mol. The van der Waals surface area contributed by atoms with Crippen molar-refractivity contribution in [3.05, 3.63) is 44.5 Å². The summed E-state index contributed by atoms with van der Waals surface area (Å²) in [6.07, 6.45) is 3.95. The van der Waals surface area contributed by atoms with Crippen molar-refractivity contribution in [1.82, 2.24) is 4.57 Å². The fraction of sp³-hybridized carbons (Fsp3) is 0.412. The predicted octanol–water partition coefficient (Wildman–Crippen LogP) is 3.87. The van der Waals surface area contributed by atoms with Crippen molar-refractivity contribution in [1.29, 1.82) is 0 Å². The van der Waals surface area contributed by atoms with Crippen LogP contribution in [-0.4, -0.2) is 17.1 Å². The average molecular weight is 338 g/mol. The molecule has 122 valence electrons. The smallest absolute Gasteiger partial charge is 0.343 e. The number of halogens is 2. The number of aromatic nitrogens is 1. The Hall–Kier alpha value is -1.88. The molecule has 0 N–H and O–H groups in total. The third kappa shape index (κ3) is 2.63. The van der Waals surface area contributed by atoms with Gasteiger partial charge in [0.15, 0.2) is 0 Å². The van der Waals surface area contributed by atoms with Crippen LogP contribution in [0.2, 0.25) is 5.02 Å². The molecule has 23 heavy (non-hydrogen) atoms.